The van der Waals surface area contributed by atoms with Crippen molar-refractivity contribution < 1.29 is 4.79 Å². The summed E-state index contributed by atoms with van der Waals surface area (Å²) < 4.78 is 1.88. The maximum absolute atomic E-state index is 12.7. The van der Waals surface area contributed by atoms with Gasteiger partial charge in [-0.15, -0.1) is 0 Å². The molecule has 2 aromatic rings. The van der Waals surface area contributed by atoms with E-state index in [1.165, 1.54) is 19.3 Å². The number of fused-ring (bicyclic) bond motifs is 2. The Kier molecular flexibility index (Phi) is 4.06. The van der Waals surface area contributed by atoms with Gasteiger partial charge >= 0.3 is 0 Å². The lowest BCUT2D eigenvalue weighted by Gasteiger charge is -2.33. The molecular formula is C20H27N5O. The molecule has 0 aromatic carbocycles. The zero-order chi connectivity index (χ0) is 17.5. The van der Waals surface area contributed by atoms with Crippen LogP contribution >= 0.6 is 0 Å². The number of carbonyl (C=O) groups is 1. The van der Waals surface area contributed by atoms with Crippen LogP contribution < -0.4 is 4.90 Å². The van der Waals surface area contributed by atoms with Crippen molar-refractivity contribution in [3.8, 4) is 0 Å². The van der Waals surface area contributed by atoms with Crippen LogP contribution in [0.1, 0.15) is 38.5 Å². The molecule has 0 N–H and O–H groups in total. The summed E-state index contributed by atoms with van der Waals surface area (Å²) in [5.74, 6) is 3.52. The van der Waals surface area contributed by atoms with Crippen molar-refractivity contribution in [3.63, 3.8) is 0 Å². The SMILES string of the molecule is O=C(CC1CCN(c2nccn3nccc23)CC1)N1CC2CCCC2C1. The topological polar surface area (TPSA) is 53.7 Å². The summed E-state index contributed by atoms with van der Waals surface area (Å²) in [6, 6.07) is 2.02. The molecule has 3 aliphatic rings. The molecule has 5 rings (SSSR count). The van der Waals surface area contributed by atoms with Gasteiger partial charge in [-0.25, -0.2) is 9.50 Å². The molecule has 2 unspecified atom stereocenters. The van der Waals surface area contributed by atoms with Gasteiger partial charge in [0.2, 0.25) is 5.91 Å². The van der Waals surface area contributed by atoms with E-state index >= 15 is 0 Å². The fourth-order valence-electron chi connectivity index (χ4n) is 5.25. The van der Waals surface area contributed by atoms with Gasteiger partial charge in [0.25, 0.3) is 0 Å². The minimum absolute atomic E-state index is 0.397. The summed E-state index contributed by atoms with van der Waals surface area (Å²) >= 11 is 0. The molecule has 2 aliphatic heterocycles. The molecule has 1 saturated carbocycles. The van der Waals surface area contributed by atoms with Crippen LogP contribution in [0.2, 0.25) is 0 Å². The quantitative estimate of drug-likeness (QED) is 0.851. The third-order valence-corrected chi connectivity index (χ3v) is 6.76. The Morgan fingerprint density at radius 3 is 2.62 bits per heavy atom. The molecule has 6 heteroatoms. The first kappa shape index (κ1) is 16.1. The van der Waals surface area contributed by atoms with Gasteiger partial charge in [-0.1, -0.05) is 6.42 Å². The summed E-state index contributed by atoms with van der Waals surface area (Å²) in [7, 11) is 0. The fourth-order valence-corrected chi connectivity index (χ4v) is 5.25. The molecule has 3 fully saturated rings. The summed E-state index contributed by atoms with van der Waals surface area (Å²) in [6.07, 6.45) is 12.4. The Labute approximate surface area is 154 Å². The van der Waals surface area contributed by atoms with Gasteiger partial charge in [-0.2, -0.15) is 5.10 Å². The summed E-state index contributed by atoms with van der Waals surface area (Å²) in [5.41, 5.74) is 1.06. The number of amides is 1. The second-order valence-electron chi connectivity index (χ2n) is 8.30. The van der Waals surface area contributed by atoms with Gasteiger partial charge in [0, 0.05) is 45.0 Å². The zero-order valence-corrected chi connectivity index (χ0v) is 15.3. The normalized spacial score (nSPS) is 26.6. The molecule has 1 aliphatic carbocycles. The van der Waals surface area contributed by atoms with Crippen molar-refractivity contribution in [1.82, 2.24) is 19.5 Å². The van der Waals surface area contributed by atoms with E-state index in [1.807, 2.05) is 29.2 Å². The van der Waals surface area contributed by atoms with Gasteiger partial charge in [-0.3, -0.25) is 4.79 Å². The molecule has 0 bridgehead atoms. The van der Waals surface area contributed by atoms with E-state index in [0.717, 1.165) is 68.6 Å². The highest BCUT2D eigenvalue weighted by atomic mass is 16.2. The van der Waals surface area contributed by atoms with Crippen LogP contribution in [-0.4, -0.2) is 51.6 Å². The van der Waals surface area contributed by atoms with Crippen LogP contribution in [-0.2, 0) is 4.79 Å². The number of piperidine rings is 1. The van der Waals surface area contributed by atoms with E-state index in [1.54, 1.807) is 0 Å². The molecule has 0 radical (unpaired) electrons. The monoisotopic (exact) mass is 353 g/mol. The lowest BCUT2D eigenvalue weighted by atomic mass is 9.93. The van der Waals surface area contributed by atoms with E-state index in [2.05, 4.69) is 19.9 Å². The third kappa shape index (κ3) is 2.85. The first-order valence-corrected chi connectivity index (χ1v) is 10.1. The van der Waals surface area contributed by atoms with Crippen LogP contribution in [0.5, 0.6) is 0 Å². The molecular weight excluding hydrogens is 326 g/mol. The average molecular weight is 353 g/mol. The molecule has 2 atom stereocenters. The molecule has 1 amide bonds. The number of rotatable bonds is 3. The standard InChI is InChI=1S/C20H27N5O/c26-19(24-13-16-2-1-3-17(16)14-24)12-15-5-9-23(10-6-15)20-18-4-7-22-25(18)11-8-21-20/h4,7-8,11,15-17H,1-3,5-6,9-10,12-14H2. The minimum atomic E-state index is 0.397. The van der Waals surface area contributed by atoms with E-state index in [4.69, 9.17) is 0 Å². The Morgan fingerprint density at radius 2 is 1.85 bits per heavy atom. The van der Waals surface area contributed by atoms with Crippen LogP contribution in [0.4, 0.5) is 5.82 Å². The van der Waals surface area contributed by atoms with Gasteiger partial charge in [0.1, 0.15) is 5.52 Å². The molecule has 2 aromatic heterocycles. The van der Waals surface area contributed by atoms with Crippen LogP contribution in [0.3, 0.4) is 0 Å². The van der Waals surface area contributed by atoms with Crippen LogP contribution in [0.15, 0.2) is 24.7 Å². The highest BCUT2D eigenvalue weighted by Crippen LogP contribution is 2.38. The summed E-state index contributed by atoms with van der Waals surface area (Å²) in [6.45, 7) is 3.99. The molecule has 2 saturated heterocycles. The van der Waals surface area contributed by atoms with Gasteiger partial charge in [0.15, 0.2) is 5.82 Å². The van der Waals surface area contributed by atoms with Crippen molar-refractivity contribution in [1.29, 1.82) is 0 Å². The zero-order valence-electron chi connectivity index (χ0n) is 15.3. The largest absolute Gasteiger partial charge is 0.355 e. The van der Waals surface area contributed by atoms with Crippen LogP contribution in [0.25, 0.3) is 5.52 Å². The summed E-state index contributed by atoms with van der Waals surface area (Å²) in [5, 5.41) is 4.30. The Hall–Kier alpha value is -2.11. The number of nitrogens with zero attached hydrogens (tertiary/aromatic N) is 5. The lowest BCUT2D eigenvalue weighted by molar-refractivity contribution is -0.131. The number of anilines is 1. The van der Waals surface area contributed by atoms with E-state index in [9.17, 15) is 4.79 Å². The number of likely N-dealkylation sites (tertiary alicyclic amines) is 1. The minimum Gasteiger partial charge on any atom is -0.355 e. The van der Waals surface area contributed by atoms with E-state index in [0.29, 0.717) is 11.8 Å². The summed E-state index contributed by atoms with van der Waals surface area (Å²) in [4.78, 5) is 21.8. The second-order valence-corrected chi connectivity index (χ2v) is 8.30. The van der Waals surface area contributed by atoms with Gasteiger partial charge in [-0.05, 0) is 49.5 Å². The Bertz CT molecular complexity index is 782. The first-order chi connectivity index (χ1) is 12.8. The van der Waals surface area contributed by atoms with Gasteiger partial charge < -0.3 is 9.80 Å². The highest BCUT2D eigenvalue weighted by Gasteiger charge is 2.38. The lowest BCUT2D eigenvalue weighted by Crippen LogP contribution is -2.37. The number of hydrogen-bond donors (Lipinski definition) is 0. The Morgan fingerprint density at radius 1 is 1.08 bits per heavy atom. The maximum atomic E-state index is 12.7. The number of aromatic nitrogens is 3. The number of hydrogen-bond acceptors (Lipinski definition) is 4. The van der Waals surface area contributed by atoms with Crippen LogP contribution in [0, 0.1) is 17.8 Å². The average Bonchev–Trinajstić information content (AvgIpc) is 3.37. The van der Waals surface area contributed by atoms with Crippen molar-refractivity contribution >= 4 is 17.2 Å². The van der Waals surface area contributed by atoms with E-state index < -0.39 is 0 Å². The van der Waals surface area contributed by atoms with Crippen molar-refractivity contribution in [3.05, 3.63) is 24.7 Å². The highest BCUT2D eigenvalue weighted by molar-refractivity contribution is 5.77. The van der Waals surface area contributed by atoms with Crippen molar-refractivity contribution in [2.45, 2.75) is 38.5 Å². The molecule has 26 heavy (non-hydrogen) atoms. The van der Waals surface area contributed by atoms with Crippen molar-refractivity contribution in [2.75, 3.05) is 31.1 Å². The second kappa shape index (κ2) is 6.56. The number of carbonyl (C=O) groups excluding carboxylic acids is 1. The van der Waals surface area contributed by atoms with Gasteiger partial charge in [0.05, 0.1) is 6.20 Å². The first-order valence-electron chi connectivity index (χ1n) is 10.1. The molecule has 6 nitrogen and oxygen atoms in total. The molecule has 0 spiro atoms. The predicted molar refractivity (Wildman–Crippen MR) is 100.0 cm³/mol. The fraction of sp³-hybridized carbons (Fsp3) is 0.650. The van der Waals surface area contributed by atoms with Crippen molar-refractivity contribution in [2.24, 2.45) is 17.8 Å². The molecule has 138 valence electrons. The Balaban J connectivity index is 1.17. The molecule has 4 heterocycles. The maximum Gasteiger partial charge on any atom is 0.222 e. The third-order valence-electron chi connectivity index (χ3n) is 6.76. The smallest absolute Gasteiger partial charge is 0.222 e. The van der Waals surface area contributed by atoms with E-state index in [-0.39, 0.29) is 0 Å². The predicted octanol–water partition coefficient (Wildman–Crippen LogP) is 2.59.